The smallest absolute Gasteiger partial charge is 0.215 e. The summed E-state index contributed by atoms with van der Waals surface area (Å²) < 4.78 is 1.87. The summed E-state index contributed by atoms with van der Waals surface area (Å²) in [5.74, 6) is 3.04. The van der Waals surface area contributed by atoms with Crippen molar-refractivity contribution >= 4 is 36.1 Å². The summed E-state index contributed by atoms with van der Waals surface area (Å²) in [6, 6.07) is 0. The Morgan fingerprint density at radius 2 is 1.52 bits per heavy atom. The molecule has 0 unspecified atom stereocenters. The van der Waals surface area contributed by atoms with Crippen LogP contribution in [0.1, 0.15) is 0 Å². The zero-order valence-electron chi connectivity index (χ0n) is 15.8. The van der Waals surface area contributed by atoms with E-state index < -0.39 is 0 Å². The molecule has 2 aromatic heterocycles. The van der Waals surface area contributed by atoms with Gasteiger partial charge in [-0.15, -0.1) is 0 Å². The summed E-state index contributed by atoms with van der Waals surface area (Å²) in [6.45, 7) is 0. The van der Waals surface area contributed by atoms with Gasteiger partial charge in [0, 0.05) is 49.3 Å². The number of nitrogens with one attached hydrogen (secondary N) is 1. The van der Waals surface area contributed by atoms with Crippen LogP contribution in [0.25, 0.3) is 0 Å². The van der Waals surface area contributed by atoms with E-state index in [1.807, 2.05) is 49.6 Å². The maximum atomic E-state index is 10.5. The predicted molar refractivity (Wildman–Crippen MR) is 99.4 cm³/mol. The molecule has 25 heavy (non-hydrogen) atoms. The van der Waals surface area contributed by atoms with Crippen molar-refractivity contribution in [1.29, 1.82) is 0 Å². The predicted octanol–water partition coefficient (Wildman–Crippen LogP) is 0.147. The molecule has 0 aromatic carbocycles. The molecule has 0 aliphatic rings. The molecule has 0 atom stereocenters. The van der Waals surface area contributed by atoms with Gasteiger partial charge in [-0.25, -0.2) is 9.97 Å². The molecule has 0 saturated carbocycles. The Morgan fingerprint density at radius 3 is 2.00 bits per heavy atom. The molecule has 10 nitrogen and oxygen atoms in total. The average molecular weight is 350 g/mol. The van der Waals surface area contributed by atoms with Gasteiger partial charge in [-0.05, 0) is 0 Å². The second-order valence-electron chi connectivity index (χ2n) is 5.80. The number of hydrogen-bond acceptors (Lipinski definition) is 6. The Bertz CT molecular complexity index is 692. The number of aromatic nitrogens is 4. The molecule has 0 saturated heterocycles. The van der Waals surface area contributed by atoms with Crippen LogP contribution in [-0.2, 0) is 16.6 Å². The van der Waals surface area contributed by atoms with E-state index in [4.69, 9.17) is 0 Å². The Kier molecular flexibility index (Phi) is 6.97. The summed E-state index contributed by atoms with van der Waals surface area (Å²) in [5, 5.41) is 0. The number of imidazole rings is 2. The lowest BCUT2D eigenvalue weighted by Gasteiger charge is -2.17. The number of carbonyl (C=O) groups excluding carboxylic acids is 2. The lowest BCUT2D eigenvalue weighted by Crippen LogP contribution is -2.20. The highest BCUT2D eigenvalue weighted by molar-refractivity contribution is 5.79. The maximum Gasteiger partial charge on any atom is 0.215 e. The van der Waals surface area contributed by atoms with Crippen LogP contribution in [-0.4, -0.2) is 74.6 Å². The van der Waals surface area contributed by atoms with E-state index in [-0.39, 0.29) is 0 Å². The van der Waals surface area contributed by atoms with Crippen LogP contribution in [0.2, 0.25) is 0 Å². The zero-order chi connectivity index (χ0) is 19.1. The quantitative estimate of drug-likeness (QED) is 0.745. The van der Waals surface area contributed by atoms with E-state index in [1.165, 1.54) is 9.80 Å². The van der Waals surface area contributed by atoms with Crippen LogP contribution in [0.5, 0.6) is 0 Å². The first-order valence-electron chi connectivity index (χ1n) is 7.50. The van der Waals surface area contributed by atoms with Crippen molar-refractivity contribution in [1.82, 2.24) is 19.5 Å². The monoisotopic (exact) mass is 350 g/mol. The minimum absolute atomic E-state index is 0.669. The highest BCUT2D eigenvalue weighted by atomic mass is 16.1. The third kappa shape index (κ3) is 4.72. The first-order valence-corrected chi connectivity index (χ1v) is 7.50. The molecule has 0 fully saturated rings. The summed E-state index contributed by atoms with van der Waals surface area (Å²) in [7, 11) is 12.8. The summed E-state index contributed by atoms with van der Waals surface area (Å²) in [4.78, 5) is 38.7. The fourth-order valence-electron chi connectivity index (χ4n) is 2.15. The van der Waals surface area contributed by atoms with E-state index >= 15 is 0 Å². The third-order valence-corrected chi connectivity index (χ3v) is 3.34. The lowest BCUT2D eigenvalue weighted by molar-refractivity contribution is -0.108. The lowest BCUT2D eigenvalue weighted by atomic mass is 10.5. The number of aromatic amines is 1. The topological polar surface area (TPSA) is 93.6 Å². The number of aryl methyl sites for hydroxylation is 1. The molecule has 2 rings (SSSR count). The third-order valence-electron chi connectivity index (χ3n) is 3.34. The minimum atomic E-state index is 0.669. The van der Waals surface area contributed by atoms with E-state index in [1.54, 1.807) is 26.7 Å². The molecule has 138 valence electrons. The van der Waals surface area contributed by atoms with Crippen molar-refractivity contribution in [3.8, 4) is 0 Å². The van der Waals surface area contributed by atoms with Crippen molar-refractivity contribution in [3.05, 3.63) is 12.7 Å². The molecule has 0 bridgehead atoms. The summed E-state index contributed by atoms with van der Waals surface area (Å²) >= 11 is 0. The van der Waals surface area contributed by atoms with Gasteiger partial charge in [-0.1, -0.05) is 0 Å². The Balaban J connectivity index is 0.000000251. The first-order chi connectivity index (χ1) is 11.7. The van der Waals surface area contributed by atoms with Gasteiger partial charge in [-0.3, -0.25) is 14.5 Å². The van der Waals surface area contributed by atoms with E-state index in [0.717, 1.165) is 24.5 Å². The van der Waals surface area contributed by atoms with Gasteiger partial charge in [0.25, 0.3) is 0 Å². The highest BCUT2D eigenvalue weighted by Crippen LogP contribution is 2.23. The zero-order valence-corrected chi connectivity index (χ0v) is 15.8. The van der Waals surface area contributed by atoms with Gasteiger partial charge in [0.1, 0.15) is 0 Å². The number of amides is 2. The number of hydrogen-bond donors (Lipinski definition) is 1. The van der Waals surface area contributed by atoms with Crippen molar-refractivity contribution in [3.63, 3.8) is 0 Å². The molecule has 1 N–H and O–H groups in total. The molecule has 2 aromatic rings. The van der Waals surface area contributed by atoms with E-state index in [9.17, 15) is 9.59 Å². The standard InChI is InChI=1S/C8H14N4O.C7H12N4O/c1-10(2)8-7(12(4)6-13)9-5-11(8)3;1-10(2)6-7(9-4-8-6)11(3)5-12/h5-6H,1-4H3;4-5H,1-3H3,(H,8,9). The fourth-order valence-corrected chi connectivity index (χ4v) is 2.15. The first kappa shape index (κ1) is 20.0. The molecule has 0 spiro atoms. The summed E-state index contributed by atoms with van der Waals surface area (Å²) in [5.41, 5.74) is 0. The van der Waals surface area contributed by atoms with Gasteiger partial charge >= 0.3 is 0 Å². The molecule has 0 aliphatic heterocycles. The van der Waals surface area contributed by atoms with Gasteiger partial charge in [0.05, 0.1) is 12.7 Å². The largest absolute Gasteiger partial charge is 0.361 e. The number of anilines is 4. The highest BCUT2D eigenvalue weighted by Gasteiger charge is 2.13. The number of carbonyl (C=O) groups is 2. The van der Waals surface area contributed by atoms with Crippen molar-refractivity contribution in [2.75, 3.05) is 61.9 Å². The van der Waals surface area contributed by atoms with Crippen LogP contribution in [0.3, 0.4) is 0 Å². The van der Waals surface area contributed by atoms with Gasteiger partial charge in [-0.2, -0.15) is 0 Å². The number of nitrogens with zero attached hydrogens (tertiary/aromatic N) is 7. The average Bonchev–Trinajstić information content (AvgIpc) is 3.20. The second-order valence-corrected chi connectivity index (χ2v) is 5.80. The number of rotatable bonds is 6. The molecule has 10 heteroatoms. The van der Waals surface area contributed by atoms with Crippen LogP contribution >= 0.6 is 0 Å². The summed E-state index contributed by atoms with van der Waals surface area (Å²) in [6.07, 6.45) is 4.73. The van der Waals surface area contributed by atoms with Crippen LogP contribution < -0.4 is 19.6 Å². The fraction of sp³-hybridized carbons (Fsp3) is 0.467. The minimum Gasteiger partial charge on any atom is -0.361 e. The van der Waals surface area contributed by atoms with Gasteiger partial charge < -0.3 is 24.3 Å². The Labute approximate surface area is 147 Å². The Hall–Kier alpha value is -3.04. The molecule has 2 amide bonds. The van der Waals surface area contributed by atoms with E-state index in [0.29, 0.717) is 11.6 Å². The Morgan fingerprint density at radius 1 is 0.920 bits per heavy atom. The van der Waals surface area contributed by atoms with Crippen molar-refractivity contribution < 1.29 is 9.59 Å². The second kappa shape index (κ2) is 8.71. The molecule has 0 radical (unpaired) electrons. The van der Waals surface area contributed by atoms with Crippen molar-refractivity contribution in [2.45, 2.75) is 0 Å². The SMILES string of the molecule is CN(C)c1c(N(C)C=O)ncn1C.CN(C)c1nc[nH]c1N(C)C=O. The molecular formula is C15H26N8O2. The molecular weight excluding hydrogens is 324 g/mol. The number of H-pyrrole nitrogens is 1. The van der Waals surface area contributed by atoms with E-state index in [2.05, 4.69) is 15.0 Å². The van der Waals surface area contributed by atoms with Gasteiger partial charge in [0.2, 0.25) is 12.8 Å². The van der Waals surface area contributed by atoms with Crippen LogP contribution in [0.15, 0.2) is 12.7 Å². The van der Waals surface area contributed by atoms with Crippen LogP contribution in [0.4, 0.5) is 23.3 Å². The maximum absolute atomic E-state index is 10.5. The van der Waals surface area contributed by atoms with Gasteiger partial charge in [0.15, 0.2) is 23.3 Å². The van der Waals surface area contributed by atoms with Crippen molar-refractivity contribution in [2.24, 2.45) is 7.05 Å². The normalized spacial score (nSPS) is 9.72. The molecule has 2 heterocycles. The van der Waals surface area contributed by atoms with Crippen LogP contribution in [0, 0.1) is 0 Å². The molecule has 0 aliphatic carbocycles.